The Hall–Kier alpha value is -1.69. The van der Waals surface area contributed by atoms with Gasteiger partial charge in [0.2, 0.25) is 0 Å². The van der Waals surface area contributed by atoms with E-state index in [-0.39, 0.29) is 5.91 Å². The molecule has 0 aromatic heterocycles. The molecule has 1 aromatic rings. The van der Waals surface area contributed by atoms with Gasteiger partial charge in [0.25, 0.3) is 5.91 Å². The first-order valence-corrected chi connectivity index (χ1v) is 7.50. The topological polar surface area (TPSA) is 75.6 Å². The summed E-state index contributed by atoms with van der Waals surface area (Å²) in [4.78, 5) is 23.8. The summed E-state index contributed by atoms with van der Waals surface area (Å²) in [5.74, 6) is 0.712. The summed E-state index contributed by atoms with van der Waals surface area (Å²) in [6, 6.07) is 6.69. The number of amides is 1. The number of methoxy groups -OCH3 is 1. The Bertz CT molecular complexity index is 512. The van der Waals surface area contributed by atoms with Gasteiger partial charge < -0.3 is 15.2 Å². The first kappa shape index (κ1) is 14.7. The normalized spacial score (nSPS) is 17.2. The van der Waals surface area contributed by atoms with Crippen LogP contribution in [0.15, 0.2) is 24.3 Å². The zero-order chi connectivity index (χ0) is 14.6. The van der Waals surface area contributed by atoms with E-state index < -0.39 is 11.5 Å². The van der Waals surface area contributed by atoms with Crippen molar-refractivity contribution in [3.05, 3.63) is 29.8 Å². The molecule has 1 aromatic carbocycles. The molecule has 108 valence electrons. The molecule has 1 fully saturated rings. The van der Waals surface area contributed by atoms with E-state index in [0.717, 1.165) is 11.5 Å². The van der Waals surface area contributed by atoms with Crippen molar-refractivity contribution in [2.24, 2.45) is 0 Å². The van der Waals surface area contributed by atoms with E-state index in [1.807, 2.05) is 0 Å². The molecule has 1 aliphatic heterocycles. The number of carboxylic acid groups (broad SMARTS) is 1. The molecule has 0 bridgehead atoms. The van der Waals surface area contributed by atoms with Gasteiger partial charge in [0.1, 0.15) is 11.3 Å². The second-order valence-corrected chi connectivity index (χ2v) is 5.91. The lowest BCUT2D eigenvalue weighted by molar-refractivity contribution is -0.144. The van der Waals surface area contributed by atoms with Crippen LogP contribution in [0.1, 0.15) is 23.2 Å². The van der Waals surface area contributed by atoms with Crippen LogP contribution < -0.4 is 10.1 Å². The molecule has 20 heavy (non-hydrogen) atoms. The number of ether oxygens (including phenoxy) is 1. The maximum atomic E-state index is 12.3. The third-order valence-electron chi connectivity index (χ3n) is 3.44. The highest BCUT2D eigenvalue weighted by Gasteiger charge is 2.41. The van der Waals surface area contributed by atoms with Crippen molar-refractivity contribution in [1.82, 2.24) is 5.32 Å². The molecule has 1 amide bonds. The number of benzene rings is 1. The van der Waals surface area contributed by atoms with Crippen molar-refractivity contribution >= 4 is 23.6 Å². The first-order chi connectivity index (χ1) is 9.57. The summed E-state index contributed by atoms with van der Waals surface area (Å²) in [6.07, 6.45) is 0.894. The highest BCUT2D eigenvalue weighted by molar-refractivity contribution is 7.99. The van der Waals surface area contributed by atoms with Crippen molar-refractivity contribution in [2.45, 2.75) is 18.4 Å². The number of rotatable bonds is 4. The summed E-state index contributed by atoms with van der Waals surface area (Å²) in [5.41, 5.74) is -0.742. The number of hydrogen-bond donors (Lipinski definition) is 2. The molecule has 1 saturated heterocycles. The van der Waals surface area contributed by atoms with Crippen LogP contribution in [0, 0.1) is 0 Å². The van der Waals surface area contributed by atoms with Gasteiger partial charge in [-0.25, -0.2) is 4.79 Å². The Balaban J connectivity index is 2.17. The minimum atomic E-state index is -1.15. The van der Waals surface area contributed by atoms with Crippen molar-refractivity contribution < 1.29 is 19.4 Å². The molecule has 2 rings (SSSR count). The number of carbonyl (C=O) groups is 2. The number of hydrogen-bond acceptors (Lipinski definition) is 4. The molecule has 0 unspecified atom stereocenters. The molecule has 0 aliphatic carbocycles. The molecule has 0 saturated carbocycles. The van der Waals surface area contributed by atoms with Gasteiger partial charge in [0, 0.05) is 5.56 Å². The summed E-state index contributed by atoms with van der Waals surface area (Å²) in [5, 5.41) is 12.1. The SMILES string of the molecule is COc1cccc(C(=O)NC2(C(=O)O)CCSCC2)c1. The molecular weight excluding hydrogens is 278 g/mol. The van der Waals surface area contributed by atoms with Crippen LogP contribution in [0.5, 0.6) is 5.75 Å². The third-order valence-corrected chi connectivity index (χ3v) is 4.43. The first-order valence-electron chi connectivity index (χ1n) is 6.35. The van der Waals surface area contributed by atoms with Crippen LogP contribution >= 0.6 is 11.8 Å². The average Bonchev–Trinajstić information content (AvgIpc) is 2.48. The Morgan fingerprint density at radius 3 is 2.65 bits per heavy atom. The van der Waals surface area contributed by atoms with Gasteiger partial charge in [-0.1, -0.05) is 6.07 Å². The fourth-order valence-electron chi connectivity index (χ4n) is 2.17. The van der Waals surface area contributed by atoms with Crippen molar-refractivity contribution in [1.29, 1.82) is 0 Å². The molecule has 1 heterocycles. The van der Waals surface area contributed by atoms with Crippen LogP contribution in [0.4, 0.5) is 0 Å². The Morgan fingerprint density at radius 2 is 2.05 bits per heavy atom. The highest BCUT2D eigenvalue weighted by Crippen LogP contribution is 2.28. The molecule has 0 spiro atoms. The van der Waals surface area contributed by atoms with Gasteiger partial charge in [-0.2, -0.15) is 11.8 Å². The Labute approximate surface area is 121 Å². The predicted octanol–water partition coefficient (Wildman–Crippen LogP) is 1.78. The molecule has 5 nitrogen and oxygen atoms in total. The van der Waals surface area contributed by atoms with Crippen LogP contribution in [0.25, 0.3) is 0 Å². The lowest BCUT2D eigenvalue weighted by Crippen LogP contribution is -2.56. The second kappa shape index (κ2) is 6.17. The summed E-state index contributed by atoms with van der Waals surface area (Å²) < 4.78 is 5.07. The zero-order valence-corrected chi connectivity index (χ0v) is 12.0. The van der Waals surface area contributed by atoms with Crippen LogP contribution in [0.2, 0.25) is 0 Å². The Morgan fingerprint density at radius 1 is 1.35 bits per heavy atom. The lowest BCUT2D eigenvalue weighted by Gasteiger charge is -2.33. The second-order valence-electron chi connectivity index (χ2n) is 4.69. The van der Waals surface area contributed by atoms with Gasteiger partial charge in [-0.3, -0.25) is 4.79 Å². The smallest absolute Gasteiger partial charge is 0.329 e. The monoisotopic (exact) mass is 295 g/mol. The van der Waals surface area contributed by atoms with Gasteiger partial charge in [-0.15, -0.1) is 0 Å². The number of thioether (sulfide) groups is 1. The lowest BCUT2D eigenvalue weighted by atomic mass is 9.92. The molecule has 0 radical (unpaired) electrons. The van der Waals surface area contributed by atoms with Gasteiger partial charge in [-0.05, 0) is 42.5 Å². The minimum absolute atomic E-state index is 0.377. The molecular formula is C14H17NO4S. The number of carboxylic acids is 1. The maximum Gasteiger partial charge on any atom is 0.329 e. The number of carbonyl (C=O) groups excluding carboxylic acids is 1. The largest absolute Gasteiger partial charge is 0.497 e. The summed E-state index contributed by atoms with van der Waals surface area (Å²) in [7, 11) is 1.52. The third kappa shape index (κ3) is 3.07. The summed E-state index contributed by atoms with van der Waals surface area (Å²) >= 11 is 1.71. The maximum absolute atomic E-state index is 12.3. The Kier molecular flexibility index (Phi) is 4.54. The standard InChI is InChI=1S/C14H17NO4S/c1-19-11-4-2-3-10(9-11)12(16)15-14(13(17)18)5-7-20-8-6-14/h2-4,9H,5-8H2,1H3,(H,15,16)(H,17,18). The van der Waals surface area contributed by atoms with E-state index in [2.05, 4.69) is 5.32 Å². The van der Waals surface area contributed by atoms with Gasteiger partial charge >= 0.3 is 5.97 Å². The quantitative estimate of drug-likeness (QED) is 0.885. The molecule has 2 N–H and O–H groups in total. The average molecular weight is 295 g/mol. The number of aliphatic carboxylic acids is 1. The van der Waals surface area contributed by atoms with E-state index in [0.29, 0.717) is 24.2 Å². The van der Waals surface area contributed by atoms with Crippen LogP contribution in [0.3, 0.4) is 0 Å². The van der Waals surface area contributed by atoms with E-state index in [4.69, 9.17) is 4.74 Å². The van der Waals surface area contributed by atoms with Gasteiger partial charge in [0.05, 0.1) is 7.11 Å². The minimum Gasteiger partial charge on any atom is -0.497 e. The van der Waals surface area contributed by atoms with Crippen molar-refractivity contribution in [3.8, 4) is 5.75 Å². The van der Waals surface area contributed by atoms with Crippen molar-refractivity contribution in [2.75, 3.05) is 18.6 Å². The van der Waals surface area contributed by atoms with Crippen LogP contribution in [-0.2, 0) is 4.79 Å². The predicted molar refractivity (Wildman–Crippen MR) is 77.4 cm³/mol. The fraction of sp³-hybridized carbons (Fsp3) is 0.429. The van der Waals surface area contributed by atoms with E-state index in [9.17, 15) is 14.7 Å². The van der Waals surface area contributed by atoms with E-state index >= 15 is 0 Å². The number of nitrogens with one attached hydrogen (secondary N) is 1. The highest BCUT2D eigenvalue weighted by atomic mass is 32.2. The molecule has 0 atom stereocenters. The van der Waals surface area contributed by atoms with E-state index in [1.165, 1.54) is 7.11 Å². The van der Waals surface area contributed by atoms with Crippen LogP contribution in [-0.4, -0.2) is 41.1 Å². The van der Waals surface area contributed by atoms with E-state index in [1.54, 1.807) is 36.0 Å². The fourth-order valence-corrected chi connectivity index (χ4v) is 3.36. The summed E-state index contributed by atoms with van der Waals surface area (Å²) in [6.45, 7) is 0. The molecule has 6 heteroatoms. The zero-order valence-electron chi connectivity index (χ0n) is 11.2. The molecule has 1 aliphatic rings. The van der Waals surface area contributed by atoms with Gasteiger partial charge in [0.15, 0.2) is 0 Å². The van der Waals surface area contributed by atoms with Crippen molar-refractivity contribution in [3.63, 3.8) is 0 Å².